The van der Waals surface area contributed by atoms with E-state index < -0.39 is 17.5 Å². The van der Waals surface area contributed by atoms with Crippen LogP contribution in [0.3, 0.4) is 0 Å². The zero-order valence-corrected chi connectivity index (χ0v) is 11.0. The monoisotopic (exact) mass is 294 g/mol. The van der Waals surface area contributed by atoms with Gasteiger partial charge in [-0.05, 0) is 24.3 Å². The van der Waals surface area contributed by atoms with Crippen molar-refractivity contribution in [3.63, 3.8) is 0 Å². The Morgan fingerprint density at radius 3 is 2.45 bits per heavy atom. The first-order chi connectivity index (χ1) is 9.44. The molecule has 0 aromatic heterocycles. The minimum absolute atomic E-state index is 0.0321. The van der Waals surface area contributed by atoms with Gasteiger partial charge in [-0.15, -0.1) is 0 Å². The van der Waals surface area contributed by atoms with Crippen LogP contribution in [0.25, 0.3) is 0 Å². The van der Waals surface area contributed by atoms with E-state index in [1.54, 1.807) is 24.3 Å². The Morgan fingerprint density at radius 1 is 1.25 bits per heavy atom. The number of carbonyl (C=O) groups is 2. The Hall–Kier alpha value is -2.27. The number of hydrogen-bond donors (Lipinski definition) is 2. The van der Waals surface area contributed by atoms with E-state index in [0.29, 0.717) is 0 Å². The molecular weight excluding hydrogens is 284 g/mol. The van der Waals surface area contributed by atoms with Gasteiger partial charge in [0.25, 0.3) is 0 Å². The van der Waals surface area contributed by atoms with Crippen LogP contribution < -0.4 is 4.74 Å². The topological polar surface area (TPSA) is 83.8 Å². The van der Waals surface area contributed by atoms with Crippen molar-refractivity contribution in [2.75, 3.05) is 0 Å². The molecule has 2 N–H and O–H groups in total. The van der Waals surface area contributed by atoms with Gasteiger partial charge >= 0.3 is 11.9 Å². The van der Waals surface area contributed by atoms with Crippen LogP contribution in [0, 0.1) is 0 Å². The summed E-state index contributed by atoms with van der Waals surface area (Å²) < 4.78 is 5.51. The molecule has 5 nitrogen and oxygen atoms in total. The second kappa shape index (κ2) is 5.38. The Labute approximate surface area is 119 Å². The fraction of sp³-hybridized carbons (Fsp3) is 0.143. The fourth-order valence-electron chi connectivity index (χ4n) is 1.78. The van der Waals surface area contributed by atoms with E-state index in [1.807, 2.05) is 0 Å². The summed E-state index contributed by atoms with van der Waals surface area (Å²) in [7, 11) is 0. The van der Waals surface area contributed by atoms with Crippen LogP contribution in [0.2, 0.25) is 5.02 Å². The van der Waals surface area contributed by atoms with Crippen molar-refractivity contribution >= 4 is 23.5 Å². The molecule has 0 spiro atoms. The molecular formula is C14H11ClO5. The maximum atomic E-state index is 11.5. The van der Waals surface area contributed by atoms with E-state index in [0.717, 1.165) is 0 Å². The maximum absolute atomic E-state index is 11.5. The number of para-hydroxylation sites is 1. The molecule has 104 valence electrons. The van der Waals surface area contributed by atoms with Gasteiger partial charge in [-0.25, -0.2) is 9.59 Å². The zero-order chi connectivity index (χ0) is 14.8. The summed E-state index contributed by atoms with van der Waals surface area (Å²) >= 11 is 5.94. The molecule has 1 aliphatic rings. The Balaban J connectivity index is 2.31. The highest BCUT2D eigenvalue weighted by Gasteiger charge is 2.40. The predicted molar refractivity (Wildman–Crippen MR) is 71.9 cm³/mol. The predicted octanol–water partition coefficient (Wildman–Crippen LogP) is 2.51. The highest BCUT2D eigenvalue weighted by Crippen LogP contribution is 2.32. The van der Waals surface area contributed by atoms with Gasteiger partial charge in [-0.3, -0.25) is 0 Å². The molecule has 0 fully saturated rings. The normalized spacial score (nSPS) is 21.1. The average Bonchev–Trinajstić information content (AvgIpc) is 2.42. The molecule has 0 aliphatic heterocycles. The van der Waals surface area contributed by atoms with E-state index in [2.05, 4.69) is 0 Å². The van der Waals surface area contributed by atoms with E-state index in [1.165, 1.54) is 18.2 Å². The van der Waals surface area contributed by atoms with Crippen molar-refractivity contribution in [2.45, 2.75) is 12.0 Å². The number of aliphatic carboxylic acids is 2. The molecule has 0 heterocycles. The largest absolute Gasteiger partial charge is 0.478 e. The third kappa shape index (κ3) is 2.67. The summed E-state index contributed by atoms with van der Waals surface area (Å²) in [5.74, 6) is -2.10. The first-order valence-electron chi connectivity index (χ1n) is 5.74. The van der Waals surface area contributed by atoms with Crippen molar-refractivity contribution in [1.29, 1.82) is 0 Å². The van der Waals surface area contributed by atoms with E-state index in [4.69, 9.17) is 21.4 Å². The van der Waals surface area contributed by atoms with E-state index >= 15 is 0 Å². The summed E-state index contributed by atoms with van der Waals surface area (Å²) in [4.78, 5) is 22.3. The van der Waals surface area contributed by atoms with Crippen molar-refractivity contribution in [1.82, 2.24) is 0 Å². The molecule has 0 saturated carbocycles. The maximum Gasteiger partial charge on any atom is 0.352 e. The Kier molecular flexibility index (Phi) is 3.81. The zero-order valence-electron chi connectivity index (χ0n) is 10.2. The van der Waals surface area contributed by atoms with Crippen LogP contribution in [0.5, 0.6) is 5.75 Å². The number of benzene rings is 1. The lowest BCUT2D eigenvalue weighted by atomic mass is 9.91. The second-order valence-electron chi connectivity index (χ2n) is 4.23. The number of carboxylic acids is 2. The fourth-order valence-corrected chi connectivity index (χ4v) is 1.96. The molecule has 1 aliphatic carbocycles. The molecule has 6 heteroatoms. The molecule has 1 aromatic carbocycles. The highest BCUT2D eigenvalue weighted by molar-refractivity contribution is 6.32. The number of carboxylic acid groups (broad SMARTS) is 2. The third-order valence-corrected chi connectivity index (χ3v) is 3.21. The lowest BCUT2D eigenvalue weighted by Gasteiger charge is -2.28. The van der Waals surface area contributed by atoms with Gasteiger partial charge in [-0.1, -0.05) is 29.8 Å². The molecule has 0 radical (unpaired) electrons. The van der Waals surface area contributed by atoms with Gasteiger partial charge in [0.1, 0.15) is 5.75 Å². The number of ether oxygens (including phenoxy) is 1. The lowest BCUT2D eigenvalue weighted by Crippen LogP contribution is -2.43. The van der Waals surface area contributed by atoms with Crippen LogP contribution in [0.15, 0.2) is 48.1 Å². The average molecular weight is 295 g/mol. The van der Waals surface area contributed by atoms with Crippen molar-refractivity contribution in [3.05, 3.63) is 53.1 Å². The minimum Gasteiger partial charge on any atom is -0.478 e. The lowest BCUT2D eigenvalue weighted by molar-refractivity contribution is -0.151. The third-order valence-electron chi connectivity index (χ3n) is 2.90. The van der Waals surface area contributed by atoms with Gasteiger partial charge in [0.05, 0.1) is 10.6 Å². The molecule has 0 amide bonds. The Morgan fingerprint density at radius 2 is 1.95 bits per heavy atom. The number of halogens is 1. The molecule has 0 saturated heterocycles. The van der Waals surface area contributed by atoms with Gasteiger partial charge in [0.15, 0.2) is 0 Å². The van der Waals surface area contributed by atoms with Crippen molar-refractivity contribution < 1.29 is 24.5 Å². The van der Waals surface area contributed by atoms with Crippen LogP contribution in [0.1, 0.15) is 6.42 Å². The molecule has 1 atom stereocenters. The van der Waals surface area contributed by atoms with Crippen molar-refractivity contribution in [3.8, 4) is 5.75 Å². The van der Waals surface area contributed by atoms with Crippen LogP contribution >= 0.6 is 11.6 Å². The molecule has 2 rings (SSSR count). The molecule has 0 bridgehead atoms. The number of rotatable bonds is 4. The van der Waals surface area contributed by atoms with Crippen LogP contribution in [-0.2, 0) is 9.59 Å². The summed E-state index contributed by atoms with van der Waals surface area (Å²) in [6.07, 6.45) is 3.66. The van der Waals surface area contributed by atoms with Gasteiger partial charge in [0, 0.05) is 6.42 Å². The van der Waals surface area contributed by atoms with Gasteiger partial charge < -0.3 is 14.9 Å². The summed E-state index contributed by atoms with van der Waals surface area (Å²) in [6.45, 7) is 0. The summed E-state index contributed by atoms with van der Waals surface area (Å²) in [5, 5.41) is 18.5. The number of hydrogen-bond acceptors (Lipinski definition) is 3. The molecule has 1 unspecified atom stereocenters. The van der Waals surface area contributed by atoms with Crippen LogP contribution in [-0.4, -0.2) is 27.8 Å². The standard InChI is InChI=1S/C14H11ClO5/c15-10-3-1-2-4-11(10)20-14(13(18)19)7-5-9(6-8-14)12(16)17/h1-7H,8H2,(H,16,17)(H,18,19). The highest BCUT2D eigenvalue weighted by atomic mass is 35.5. The van der Waals surface area contributed by atoms with Gasteiger partial charge in [-0.2, -0.15) is 0 Å². The quantitative estimate of drug-likeness (QED) is 0.891. The van der Waals surface area contributed by atoms with Gasteiger partial charge in [0.2, 0.25) is 5.60 Å². The second-order valence-corrected chi connectivity index (χ2v) is 4.64. The summed E-state index contributed by atoms with van der Waals surface area (Å²) in [6, 6.07) is 6.50. The first kappa shape index (κ1) is 14.1. The van der Waals surface area contributed by atoms with E-state index in [-0.39, 0.29) is 22.8 Å². The summed E-state index contributed by atoms with van der Waals surface area (Å²) in [5.41, 5.74) is -1.62. The molecule has 1 aromatic rings. The first-order valence-corrected chi connectivity index (χ1v) is 6.12. The van der Waals surface area contributed by atoms with Crippen LogP contribution in [0.4, 0.5) is 0 Å². The smallest absolute Gasteiger partial charge is 0.352 e. The Bertz CT molecular complexity index is 620. The SMILES string of the molecule is O=C(O)C1=CCC(Oc2ccccc2Cl)(C(=O)O)C=C1. The molecule has 20 heavy (non-hydrogen) atoms. The minimum atomic E-state index is -1.65. The van der Waals surface area contributed by atoms with Crippen molar-refractivity contribution in [2.24, 2.45) is 0 Å². The van der Waals surface area contributed by atoms with E-state index in [9.17, 15) is 14.7 Å².